The van der Waals surface area contributed by atoms with Gasteiger partial charge in [-0.25, -0.2) is 0 Å². The first-order valence-electron chi connectivity index (χ1n) is 11.8. The predicted octanol–water partition coefficient (Wildman–Crippen LogP) is 7.72. The van der Waals surface area contributed by atoms with Crippen molar-refractivity contribution < 1.29 is 0 Å². The van der Waals surface area contributed by atoms with Gasteiger partial charge in [0, 0.05) is 0 Å². The van der Waals surface area contributed by atoms with E-state index >= 15 is 0 Å². The fourth-order valence-electron chi connectivity index (χ4n) is 8.48. The molecule has 144 valence electrons. The topological polar surface area (TPSA) is 0 Å². The zero-order valence-corrected chi connectivity index (χ0v) is 18.0. The summed E-state index contributed by atoms with van der Waals surface area (Å²) in [7, 11) is 0. The van der Waals surface area contributed by atoms with E-state index in [2.05, 4.69) is 41.5 Å². The lowest BCUT2D eigenvalue weighted by Gasteiger charge is -2.55. The van der Waals surface area contributed by atoms with Gasteiger partial charge in [0.15, 0.2) is 0 Å². The SMILES string of the molecule is CCCCC1CC[C@@]2(C)CC[C@]3(C)CC[C@H](C(C)C)C3C2[C@@H]2C[C@@]12C. The molecule has 0 aliphatic heterocycles. The van der Waals surface area contributed by atoms with Crippen LogP contribution in [0.1, 0.15) is 106 Å². The van der Waals surface area contributed by atoms with Crippen LogP contribution in [0.25, 0.3) is 0 Å². The normalized spacial score (nSPS) is 54.6. The van der Waals surface area contributed by atoms with Crippen LogP contribution in [-0.2, 0) is 0 Å². The molecule has 0 amide bonds. The lowest BCUT2D eigenvalue weighted by molar-refractivity contribution is -0.0607. The van der Waals surface area contributed by atoms with Gasteiger partial charge >= 0.3 is 0 Å². The summed E-state index contributed by atoms with van der Waals surface area (Å²) in [5.41, 5.74) is 2.04. The molecule has 0 spiro atoms. The molecule has 3 unspecified atom stereocenters. The summed E-state index contributed by atoms with van der Waals surface area (Å²) in [5.74, 6) is 6.06. The molecule has 25 heavy (non-hydrogen) atoms. The first kappa shape index (κ1) is 18.4. The van der Waals surface area contributed by atoms with Crippen molar-refractivity contribution in [2.75, 3.05) is 0 Å². The fraction of sp³-hybridized carbons (Fsp3) is 1.00. The smallest absolute Gasteiger partial charge is 0.0263 e. The molecule has 0 bridgehead atoms. The van der Waals surface area contributed by atoms with E-state index in [0.29, 0.717) is 16.2 Å². The van der Waals surface area contributed by atoms with Gasteiger partial charge in [0.1, 0.15) is 0 Å². The van der Waals surface area contributed by atoms with Crippen molar-refractivity contribution in [1.82, 2.24) is 0 Å². The van der Waals surface area contributed by atoms with E-state index in [9.17, 15) is 0 Å². The van der Waals surface area contributed by atoms with Gasteiger partial charge in [-0.3, -0.25) is 0 Å². The summed E-state index contributed by atoms with van der Waals surface area (Å²) in [6.07, 6.45) is 15.1. The molecule has 4 aliphatic carbocycles. The van der Waals surface area contributed by atoms with Crippen molar-refractivity contribution in [3.63, 3.8) is 0 Å². The molecule has 0 saturated heterocycles. The number of rotatable bonds is 4. The minimum Gasteiger partial charge on any atom is -0.0654 e. The van der Waals surface area contributed by atoms with Crippen LogP contribution in [-0.4, -0.2) is 0 Å². The van der Waals surface area contributed by atoms with Gasteiger partial charge in [0.25, 0.3) is 0 Å². The molecular weight excluding hydrogens is 300 g/mol. The Morgan fingerprint density at radius 1 is 0.880 bits per heavy atom. The molecule has 0 aromatic heterocycles. The summed E-state index contributed by atoms with van der Waals surface area (Å²) < 4.78 is 0. The van der Waals surface area contributed by atoms with E-state index in [1.807, 2.05) is 0 Å². The van der Waals surface area contributed by atoms with Crippen molar-refractivity contribution in [1.29, 1.82) is 0 Å². The second-order valence-corrected chi connectivity index (χ2v) is 12.0. The highest BCUT2D eigenvalue weighted by molar-refractivity contribution is 5.17. The molecule has 8 atom stereocenters. The third kappa shape index (κ3) is 2.67. The van der Waals surface area contributed by atoms with E-state index in [1.54, 1.807) is 6.42 Å². The van der Waals surface area contributed by atoms with Crippen LogP contribution < -0.4 is 0 Å². The lowest BCUT2D eigenvalue weighted by Crippen LogP contribution is -2.48. The summed E-state index contributed by atoms with van der Waals surface area (Å²) in [4.78, 5) is 0. The third-order valence-electron chi connectivity index (χ3n) is 10.3. The van der Waals surface area contributed by atoms with Crippen LogP contribution in [0.15, 0.2) is 0 Å². The Morgan fingerprint density at radius 2 is 1.52 bits per heavy atom. The maximum Gasteiger partial charge on any atom is -0.0263 e. The Labute approximate surface area is 157 Å². The predicted molar refractivity (Wildman–Crippen MR) is 108 cm³/mol. The second-order valence-electron chi connectivity index (χ2n) is 12.0. The Bertz CT molecular complexity index is 506. The molecule has 0 aromatic carbocycles. The van der Waals surface area contributed by atoms with E-state index < -0.39 is 0 Å². The quantitative estimate of drug-likeness (QED) is 0.489. The van der Waals surface area contributed by atoms with Gasteiger partial charge in [-0.15, -0.1) is 0 Å². The van der Waals surface area contributed by atoms with Gasteiger partial charge < -0.3 is 0 Å². The Balaban J connectivity index is 1.67. The molecule has 0 heterocycles. The van der Waals surface area contributed by atoms with Gasteiger partial charge in [0.05, 0.1) is 0 Å². The number of unbranched alkanes of at least 4 members (excludes halogenated alkanes) is 1. The van der Waals surface area contributed by atoms with Gasteiger partial charge in [-0.2, -0.15) is 0 Å². The van der Waals surface area contributed by atoms with Gasteiger partial charge in [-0.05, 0) is 103 Å². The molecule has 0 radical (unpaired) electrons. The zero-order valence-electron chi connectivity index (χ0n) is 18.0. The third-order valence-corrected chi connectivity index (χ3v) is 10.3. The first-order valence-corrected chi connectivity index (χ1v) is 11.8. The van der Waals surface area contributed by atoms with Gasteiger partial charge in [-0.1, -0.05) is 54.4 Å². The fourth-order valence-corrected chi connectivity index (χ4v) is 8.48. The van der Waals surface area contributed by atoms with Crippen LogP contribution in [0.4, 0.5) is 0 Å². The highest BCUT2D eigenvalue weighted by atomic mass is 14.7. The Hall–Kier alpha value is 0. The Morgan fingerprint density at radius 3 is 2.16 bits per heavy atom. The molecule has 4 aliphatic rings. The summed E-state index contributed by atoms with van der Waals surface area (Å²) in [6, 6.07) is 0. The summed E-state index contributed by atoms with van der Waals surface area (Å²) in [6.45, 7) is 15.5. The standard InChI is InChI=1S/C25H44/c1-7-8-9-18-10-12-24(5)15-14-23(4)13-11-19(17(2)3)21(23)22(24)20-16-25(18,20)6/h17-22H,7-16H2,1-6H3/t18?,19-,20+,21?,22?,23+,24+,25+/m1/s1. The van der Waals surface area contributed by atoms with Crippen molar-refractivity contribution in [2.24, 2.45) is 51.8 Å². The molecule has 0 N–H and O–H groups in total. The van der Waals surface area contributed by atoms with E-state index in [1.165, 1.54) is 57.8 Å². The van der Waals surface area contributed by atoms with Crippen LogP contribution in [0, 0.1) is 51.8 Å². The first-order chi connectivity index (χ1) is 11.8. The molecule has 0 nitrogen and oxygen atoms in total. The molecular formula is C25H44. The van der Waals surface area contributed by atoms with Crippen molar-refractivity contribution >= 4 is 0 Å². The largest absolute Gasteiger partial charge is 0.0654 e. The highest BCUT2D eigenvalue weighted by Gasteiger charge is 2.68. The van der Waals surface area contributed by atoms with E-state index in [0.717, 1.165) is 35.5 Å². The second kappa shape index (κ2) is 6.00. The number of hydrogen-bond donors (Lipinski definition) is 0. The maximum atomic E-state index is 2.73. The van der Waals surface area contributed by atoms with E-state index in [-0.39, 0.29) is 0 Å². The van der Waals surface area contributed by atoms with Crippen molar-refractivity contribution in [3.05, 3.63) is 0 Å². The minimum atomic E-state index is 0.658. The van der Waals surface area contributed by atoms with Crippen LogP contribution in [0.3, 0.4) is 0 Å². The number of fused-ring (bicyclic) bond motifs is 5. The number of hydrogen-bond acceptors (Lipinski definition) is 0. The van der Waals surface area contributed by atoms with Crippen molar-refractivity contribution in [3.8, 4) is 0 Å². The zero-order chi connectivity index (χ0) is 18.0. The highest BCUT2D eigenvalue weighted by Crippen LogP contribution is 2.76. The average molecular weight is 345 g/mol. The minimum absolute atomic E-state index is 0.658. The summed E-state index contributed by atoms with van der Waals surface area (Å²) >= 11 is 0. The molecule has 0 aromatic rings. The molecule has 4 fully saturated rings. The molecule has 0 heteroatoms. The van der Waals surface area contributed by atoms with Gasteiger partial charge in [0.2, 0.25) is 0 Å². The average Bonchev–Trinajstić information content (AvgIpc) is 3.10. The Kier molecular flexibility index (Phi) is 4.41. The van der Waals surface area contributed by atoms with Crippen molar-refractivity contribution in [2.45, 2.75) is 106 Å². The van der Waals surface area contributed by atoms with Crippen LogP contribution in [0.2, 0.25) is 0 Å². The monoisotopic (exact) mass is 344 g/mol. The maximum absolute atomic E-state index is 2.73. The van der Waals surface area contributed by atoms with Crippen LogP contribution in [0.5, 0.6) is 0 Å². The van der Waals surface area contributed by atoms with E-state index in [4.69, 9.17) is 0 Å². The molecule has 4 saturated carbocycles. The lowest BCUT2D eigenvalue weighted by atomic mass is 9.50. The van der Waals surface area contributed by atoms with Crippen LogP contribution >= 0.6 is 0 Å². The summed E-state index contributed by atoms with van der Waals surface area (Å²) in [5, 5.41) is 0. The molecule has 4 rings (SSSR count).